The zero-order valence-corrected chi connectivity index (χ0v) is 21.1. The minimum absolute atomic E-state index is 0.0215. The average molecular weight is 500 g/mol. The molecule has 0 fully saturated rings. The highest BCUT2D eigenvalue weighted by Crippen LogP contribution is 2.33. The number of hydrogen-bond acceptors (Lipinski definition) is 5. The van der Waals surface area contributed by atoms with Crippen LogP contribution in [0.5, 0.6) is 0 Å². The Morgan fingerprint density at radius 2 is 1.97 bits per heavy atom. The molecule has 0 aliphatic carbocycles. The maximum absolute atomic E-state index is 13.6. The smallest absolute Gasteiger partial charge is 0.322 e. The number of fused-ring (bicyclic) bond motifs is 1. The topological polar surface area (TPSA) is 97.2 Å². The second-order valence-corrected chi connectivity index (χ2v) is 11.1. The maximum Gasteiger partial charge on any atom is 0.322 e. The van der Waals surface area contributed by atoms with Gasteiger partial charge in [-0.2, -0.15) is 5.10 Å². The number of aromatic nitrogens is 3. The Hall–Kier alpha value is -3.27. The van der Waals surface area contributed by atoms with Crippen LogP contribution < -0.4 is 10.2 Å². The van der Waals surface area contributed by atoms with Crippen molar-refractivity contribution in [2.24, 2.45) is 5.92 Å². The summed E-state index contributed by atoms with van der Waals surface area (Å²) in [5.41, 5.74) is 3.01. The molecule has 0 spiro atoms. The molecule has 0 saturated heterocycles. The number of halogens is 1. The van der Waals surface area contributed by atoms with Crippen LogP contribution in [-0.2, 0) is 16.3 Å². The number of carbonyl (C=O) groups excluding carboxylic acids is 1. The molecule has 2 unspecified atom stereocenters. The Balaban J connectivity index is 1.66. The van der Waals surface area contributed by atoms with E-state index in [1.165, 1.54) is 24.4 Å². The van der Waals surface area contributed by atoms with Gasteiger partial charge in [0.05, 0.1) is 29.3 Å². The summed E-state index contributed by atoms with van der Waals surface area (Å²) in [5, 5.41) is 7.61. The zero-order chi connectivity index (χ0) is 25.3. The molecular weight excluding hydrogens is 469 g/mol. The Morgan fingerprint density at radius 3 is 2.63 bits per heavy atom. The minimum Gasteiger partial charge on any atom is -0.331 e. The van der Waals surface area contributed by atoms with Gasteiger partial charge in [-0.25, -0.2) is 27.3 Å². The second kappa shape index (κ2) is 9.77. The fraction of sp³-hybridized carbons (Fsp3) is 0.400. The number of sulfone groups is 1. The summed E-state index contributed by atoms with van der Waals surface area (Å²) in [6, 6.07) is 8.62. The Morgan fingerprint density at radius 1 is 1.26 bits per heavy atom. The molecule has 4 rings (SSSR count). The summed E-state index contributed by atoms with van der Waals surface area (Å²) in [7, 11) is -3.48. The molecule has 0 saturated carbocycles. The number of rotatable bonds is 6. The molecular formula is C25H30FN5O3S. The number of anilines is 1. The first-order valence-electron chi connectivity index (χ1n) is 11.7. The van der Waals surface area contributed by atoms with Crippen LogP contribution in [0.2, 0.25) is 0 Å². The van der Waals surface area contributed by atoms with Gasteiger partial charge in [0, 0.05) is 18.5 Å². The first kappa shape index (κ1) is 24.8. The van der Waals surface area contributed by atoms with Crippen molar-refractivity contribution in [2.75, 3.05) is 11.2 Å². The lowest BCUT2D eigenvalue weighted by atomic mass is 9.93. The van der Waals surface area contributed by atoms with E-state index in [4.69, 9.17) is 0 Å². The van der Waals surface area contributed by atoms with E-state index in [1.54, 1.807) is 34.0 Å². The van der Waals surface area contributed by atoms with Gasteiger partial charge in [-0.1, -0.05) is 20.3 Å². The monoisotopic (exact) mass is 499 g/mol. The van der Waals surface area contributed by atoms with Gasteiger partial charge in [-0.05, 0) is 67.6 Å². The van der Waals surface area contributed by atoms with Gasteiger partial charge in [0.25, 0.3) is 0 Å². The van der Waals surface area contributed by atoms with Crippen LogP contribution >= 0.6 is 0 Å². The lowest BCUT2D eigenvalue weighted by Gasteiger charge is -2.35. The maximum atomic E-state index is 13.6. The van der Waals surface area contributed by atoms with Crippen LogP contribution in [0.4, 0.5) is 14.9 Å². The highest BCUT2D eigenvalue weighted by Gasteiger charge is 2.33. The molecule has 186 valence electrons. The minimum atomic E-state index is -3.48. The van der Waals surface area contributed by atoms with Gasteiger partial charge in [0.2, 0.25) is 0 Å². The van der Waals surface area contributed by atoms with Crippen LogP contribution in [-0.4, -0.2) is 41.5 Å². The first-order chi connectivity index (χ1) is 16.6. The third-order valence-electron chi connectivity index (χ3n) is 6.63. The molecule has 0 bridgehead atoms. The average Bonchev–Trinajstić information content (AvgIpc) is 3.25. The van der Waals surface area contributed by atoms with Gasteiger partial charge in [0.1, 0.15) is 5.82 Å². The van der Waals surface area contributed by atoms with E-state index in [0.717, 1.165) is 36.9 Å². The summed E-state index contributed by atoms with van der Waals surface area (Å²) in [6.45, 7) is 6.03. The van der Waals surface area contributed by atoms with Crippen molar-refractivity contribution in [3.8, 4) is 5.69 Å². The first-order valence-corrected chi connectivity index (χ1v) is 13.6. The summed E-state index contributed by atoms with van der Waals surface area (Å²) >= 11 is 0. The Labute approximate surface area is 205 Å². The van der Waals surface area contributed by atoms with Crippen molar-refractivity contribution in [2.45, 2.75) is 57.1 Å². The standard InChI is InChI=1S/C25H30FN5O3S/c1-5-16(2)24(18-12-13-27-23(14-18)35(4,33)34)29-25(32)30-17(3)6-11-21-22(30)15-28-31(21)20-9-7-19(26)8-10-20/h7-10,12-17,24H,5-6,11H2,1-4H3,(H,29,32)/t16?,17?,24-/m0/s1. The third kappa shape index (κ3) is 5.07. The quantitative estimate of drug-likeness (QED) is 0.541. The molecule has 1 aromatic carbocycles. The normalized spacial score (nSPS) is 17.5. The van der Waals surface area contributed by atoms with E-state index in [1.807, 2.05) is 20.8 Å². The van der Waals surface area contributed by atoms with Gasteiger partial charge in [-0.15, -0.1) is 0 Å². The molecule has 3 heterocycles. The number of pyridine rings is 1. The molecule has 2 amide bonds. The molecule has 3 atom stereocenters. The highest BCUT2D eigenvalue weighted by molar-refractivity contribution is 7.90. The molecule has 8 nitrogen and oxygen atoms in total. The summed E-state index contributed by atoms with van der Waals surface area (Å²) in [5.74, 6) is -0.272. The second-order valence-electron chi connectivity index (χ2n) is 9.13. The lowest BCUT2D eigenvalue weighted by molar-refractivity contribution is 0.234. The lowest BCUT2D eigenvalue weighted by Crippen LogP contribution is -2.49. The number of benzene rings is 1. The molecule has 3 aromatic rings. The largest absolute Gasteiger partial charge is 0.331 e. The summed E-state index contributed by atoms with van der Waals surface area (Å²) < 4.78 is 39.2. The van der Waals surface area contributed by atoms with Crippen LogP contribution in [0.1, 0.15) is 50.9 Å². The Bertz CT molecular complexity index is 1320. The molecule has 2 aromatic heterocycles. The van der Waals surface area contributed by atoms with E-state index in [-0.39, 0.29) is 28.8 Å². The third-order valence-corrected chi connectivity index (χ3v) is 7.61. The van der Waals surface area contributed by atoms with E-state index in [2.05, 4.69) is 15.4 Å². The van der Waals surface area contributed by atoms with Crippen molar-refractivity contribution < 1.29 is 17.6 Å². The molecule has 35 heavy (non-hydrogen) atoms. The predicted molar refractivity (Wildman–Crippen MR) is 132 cm³/mol. The van der Waals surface area contributed by atoms with Crippen LogP contribution in [0.25, 0.3) is 5.69 Å². The number of hydrogen-bond donors (Lipinski definition) is 1. The fourth-order valence-corrected chi connectivity index (χ4v) is 5.04. The molecule has 10 heteroatoms. The van der Waals surface area contributed by atoms with Crippen LogP contribution in [0.3, 0.4) is 0 Å². The van der Waals surface area contributed by atoms with E-state index >= 15 is 0 Å². The number of carbonyl (C=O) groups is 1. The van der Waals surface area contributed by atoms with E-state index in [9.17, 15) is 17.6 Å². The van der Waals surface area contributed by atoms with E-state index in [0.29, 0.717) is 11.3 Å². The highest BCUT2D eigenvalue weighted by atomic mass is 32.2. The predicted octanol–water partition coefficient (Wildman–Crippen LogP) is 4.45. The number of nitrogens with zero attached hydrogens (tertiary/aromatic N) is 4. The SMILES string of the molecule is CCC(C)[C@H](NC(=O)N1c2cnn(-c3ccc(F)cc3)c2CCC1C)c1ccnc(S(C)(=O)=O)c1. The zero-order valence-electron chi connectivity index (χ0n) is 20.3. The molecule has 1 aliphatic rings. The number of nitrogens with one attached hydrogen (secondary N) is 1. The number of amides is 2. The Kier molecular flexibility index (Phi) is 6.93. The van der Waals surface area contributed by atoms with Crippen molar-refractivity contribution in [1.29, 1.82) is 0 Å². The number of urea groups is 1. The molecule has 1 aliphatic heterocycles. The van der Waals surface area contributed by atoms with Gasteiger partial charge < -0.3 is 5.32 Å². The van der Waals surface area contributed by atoms with Gasteiger partial charge in [0.15, 0.2) is 14.9 Å². The van der Waals surface area contributed by atoms with Crippen molar-refractivity contribution >= 4 is 21.6 Å². The van der Waals surface area contributed by atoms with Gasteiger partial charge >= 0.3 is 6.03 Å². The van der Waals surface area contributed by atoms with Crippen molar-refractivity contribution in [1.82, 2.24) is 20.1 Å². The summed E-state index contributed by atoms with van der Waals surface area (Å²) in [6.07, 6.45) is 6.50. The van der Waals surface area contributed by atoms with E-state index < -0.39 is 15.9 Å². The molecule has 0 radical (unpaired) electrons. The van der Waals surface area contributed by atoms with Crippen LogP contribution in [0, 0.1) is 11.7 Å². The van der Waals surface area contributed by atoms with Crippen LogP contribution in [0.15, 0.2) is 53.8 Å². The fourth-order valence-electron chi connectivity index (χ4n) is 4.44. The molecule has 1 N–H and O–H groups in total. The summed E-state index contributed by atoms with van der Waals surface area (Å²) in [4.78, 5) is 19.3. The van der Waals surface area contributed by atoms with Gasteiger partial charge in [-0.3, -0.25) is 4.90 Å². The van der Waals surface area contributed by atoms with Crippen molar-refractivity contribution in [3.63, 3.8) is 0 Å². The van der Waals surface area contributed by atoms with Crippen molar-refractivity contribution in [3.05, 3.63) is 65.9 Å².